The highest BCUT2D eigenvalue weighted by molar-refractivity contribution is 5.85. The molecule has 13 heavy (non-hydrogen) atoms. The van der Waals surface area contributed by atoms with Crippen LogP contribution < -0.4 is 5.32 Å². The zero-order chi connectivity index (χ0) is 10.5. The Morgan fingerprint density at radius 2 is 2.23 bits per heavy atom. The third-order valence-electron chi connectivity index (χ3n) is 2.01. The average molecular weight is 180 g/mol. The van der Waals surface area contributed by atoms with Crippen LogP contribution in [-0.4, -0.2) is 12.5 Å². The SMILES string of the molecule is C=C(C)CNC(=O)C(C)(C#N)CC. The van der Waals surface area contributed by atoms with Gasteiger partial charge in [-0.25, -0.2) is 0 Å². The molecule has 0 radical (unpaired) electrons. The van der Waals surface area contributed by atoms with Gasteiger partial charge in [0.15, 0.2) is 0 Å². The van der Waals surface area contributed by atoms with Gasteiger partial charge in [-0.2, -0.15) is 5.26 Å². The molecule has 0 aromatic rings. The first-order valence-electron chi connectivity index (χ1n) is 4.30. The first kappa shape index (κ1) is 11.7. The molecule has 0 saturated carbocycles. The quantitative estimate of drug-likeness (QED) is 0.668. The number of nitrogens with one attached hydrogen (secondary N) is 1. The van der Waals surface area contributed by atoms with Gasteiger partial charge in [-0.15, -0.1) is 0 Å². The largest absolute Gasteiger partial charge is 0.351 e. The topological polar surface area (TPSA) is 52.9 Å². The molecule has 0 aromatic carbocycles. The Morgan fingerprint density at radius 1 is 1.69 bits per heavy atom. The summed E-state index contributed by atoms with van der Waals surface area (Å²) in [4.78, 5) is 11.5. The van der Waals surface area contributed by atoms with E-state index in [-0.39, 0.29) is 5.91 Å². The number of amides is 1. The standard InChI is InChI=1S/C10H16N2O/c1-5-10(4,7-11)9(13)12-6-8(2)3/h2,5-6H2,1,3-4H3,(H,12,13). The van der Waals surface area contributed by atoms with Crippen molar-refractivity contribution in [3.05, 3.63) is 12.2 Å². The van der Waals surface area contributed by atoms with Gasteiger partial charge in [0, 0.05) is 6.54 Å². The minimum Gasteiger partial charge on any atom is -0.351 e. The Hall–Kier alpha value is -1.30. The molecule has 0 saturated heterocycles. The maximum atomic E-state index is 11.5. The first-order valence-corrected chi connectivity index (χ1v) is 4.30. The molecular weight excluding hydrogens is 164 g/mol. The van der Waals surface area contributed by atoms with Crippen LogP contribution >= 0.6 is 0 Å². The van der Waals surface area contributed by atoms with Crippen LogP contribution in [0.1, 0.15) is 27.2 Å². The molecule has 0 aromatic heterocycles. The van der Waals surface area contributed by atoms with Crippen molar-refractivity contribution in [2.24, 2.45) is 5.41 Å². The second-order valence-corrected chi connectivity index (χ2v) is 3.44. The van der Waals surface area contributed by atoms with Crippen LogP contribution in [0.2, 0.25) is 0 Å². The Bertz CT molecular complexity index is 252. The molecule has 72 valence electrons. The van der Waals surface area contributed by atoms with Gasteiger partial charge in [0.1, 0.15) is 5.41 Å². The van der Waals surface area contributed by atoms with E-state index in [1.165, 1.54) is 0 Å². The highest BCUT2D eigenvalue weighted by Gasteiger charge is 2.30. The van der Waals surface area contributed by atoms with Crippen LogP contribution in [0.15, 0.2) is 12.2 Å². The summed E-state index contributed by atoms with van der Waals surface area (Å²) in [5.41, 5.74) is -0.0279. The zero-order valence-corrected chi connectivity index (χ0v) is 8.48. The number of nitriles is 1. The van der Waals surface area contributed by atoms with E-state index >= 15 is 0 Å². The van der Waals surface area contributed by atoms with Crippen molar-refractivity contribution in [2.45, 2.75) is 27.2 Å². The number of nitrogens with zero attached hydrogens (tertiary/aromatic N) is 1. The smallest absolute Gasteiger partial charge is 0.240 e. The van der Waals surface area contributed by atoms with Crippen molar-refractivity contribution in [1.82, 2.24) is 5.32 Å². The highest BCUT2D eigenvalue weighted by Crippen LogP contribution is 2.19. The van der Waals surface area contributed by atoms with Gasteiger partial charge in [-0.3, -0.25) is 4.79 Å². The van der Waals surface area contributed by atoms with Crippen molar-refractivity contribution in [2.75, 3.05) is 6.54 Å². The number of hydrogen-bond donors (Lipinski definition) is 1. The van der Waals surface area contributed by atoms with E-state index in [4.69, 9.17) is 5.26 Å². The average Bonchev–Trinajstić information content (AvgIpc) is 2.12. The molecule has 0 spiro atoms. The second-order valence-electron chi connectivity index (χ2n) is 3.44. The molecule has 0 aliphatic heterocycles. The third-order valence-corrected chi connectivity index (χ3v) is 2.01. The van der Waals surface area contributed by atoms with Gasteiger partial charge in [0.05, 0.1) is 6.07 Å². The predicted octanol–water partition coefficient (Wildman–Crippen LogP) is 1.62. The van der Waals surface area contributed by atoms with Crippen molar-refractivity contribution in [3.8, 4) is 6.07 Å². The number of rotatable bonds is 4. The lowest BCUT2D eigenvalue weighted by molar-refractivity contribution is -0.127. The maximum absolute atomic E-state index is 11.5. The molecule has 0 heterocycles. The summed E-state index contributed by atoms with van der Waals surface area (Å²) in [5.74, 6) is -0.222. The molecule has 3 nitrogen and oxygen atoms in total. The lowest BCUT2D eigenvalue weighted by Crippen LogP contribution is -2.38. The minimum atomic E-state index is -0.907. The van der Waals surface area contributed by atoms with Gasteiger partial charge >= 0.3 is 0 Å². The maximum Gasteiger partial charge on any atom is 0.240 e. The molecule has 3 heteroatoms. The van der Waals surface area contributed by atoms with E-state index in [0.717, 1.165) is 5.57 Å². The van der Waals surface area contributed by atoms with Crippen LogP contribution in [0.3, 0.4) is 0 Å². The van der Waals surface area contributed by atoms with Crippen LogP contribution in [0.25, 0.3) is 0 Å². The van der Waals surface area contributed by atoms with Crippen molar-refractivity contribution < 1.29 is 4.79 Å². The molecule has 1 amide bonds. The zero-order valence-electron chi connectivity index (χ0n) is 8.48. The Kier molecular flexibility index (Phi) is 4.19. The van der Waals surface area contributed by atoms with E-state index in [1.807, 2.05) is 19.9 Å². The van der Waals surface area contributed by atoms with Gasteiger partial charge < -0.3 is 5.32 Å². The minimum absolute atomic E-state index is 0.222. The monoisotopic (exact) mass is 180 g/mol. The van der Waals surface area contributed by atoms with E-state index in [9.17, 15) is 4.79 Å². The van der Waals surface area contributed by atoms with Crippen LogP contribution in [0.4, 0.5) is 0 Å². The fourth-order valence-electron chi connectivity index (χ4n) is 0.717. The van der Waals surface area contributed by atoms with Crippen LogP contribution in [0.5, 0.6) is 0 Å². The summed E-state index contributed by atoms with van der Waals surface area (Å²) in [6.45, 7) is 9.40. The van der Waals surface area contributed by atoms with Gasteiger partial charge in [0.2, 0.25) is 5.91 Å². The summed E-state index contributed by atoms with van der Waals surface area (Å²) in [6, 6.07) is 2.01. The van der Waals surface area contributed by atoms with Crippen molar-refractivity contribution in [1.29, 1.82) is 5.26 Å². The number of carbonyl (C=O) groups excluding carboxylic acids is 1. The summed E-state index contributed by atoms with van der Waals surface area (Å²) >= 11 is 0. The highest BCUT2D eigenvalue weighted by atomic mass is 16.2. The van der Waals surface area contributed by atoms with Gasteiger partial charge in [0.25, 0.3) is 0 Å². The van der Waals surface area contributed by atoms with Crippen molar-refractivity contribution >= 4 is 5.91 Å². The van der Waals surface area contributed by atoms with Gasteiger partial charge in [-0.05, 0) is 20.3 Å². The molecule has 0 aliphatic rings. The Balaban J connectivity index is 4.26. The van der Waals surface area contributed by atoms with Crippen LogP contribution in [-0.2, 0) is 4.79 Å². The molecule has 0 fully saturated rings. The lowest BCUT2D eigenvalue weighted by atomic mass is 9.88. The Labute approximate surface area is 79.4 Å². The van der Waals surface area contributed by atoms with E-state index < -0.39 is 5.41 Å². The first-order chi connectivity index (χ1) is 5.96. The van der Waals surface area contributed by atoms with E-state index in [2.05, 4.69) is 11.9 Å². The molecule has 1 N–H and O–H groups in total. The molecule has 0 rings (SSSR count). The second kappa shape index (κ2) is 4.66. The molecular formula is C10H16N2O. The number of carbonyl (C=O) groups is 1. The molecule has 0 aliphatic carbocycles. The number of hydrogen-bond acceptors (Lipinski definition) is 2. The van der Waals surface area contributed by atoms with E-state index in [1.54, 1.807) is 6.92 Å². The molecule has 1 atom stereocenters. The Morgan fingerprint density at radius 3 is 2.54 bits per heavy atom. The predicted molar refractivity (Wildman–Crippen MR) is 51.8 cm³/mol. The van der Waals surface area contributed by atoms with Gasteiger partial charge in [-0.1, -0.05) is 19.1 Å². The summed E-state index contributed by atoms with van der Waals surface area (Å²) < 4.78 is 0. The van der Waals surface area contributed by atoms with Crippen LogP contribution in [0, 0.1) is 16.7 Å². The summed E-state index contributed by atoms with van der Waals surface area (Å²) in [5, 5.41) is 11.5. The third kappa shape index (κ3) is 3.29. The van der Waals surface area contributed by atoms with Crippen molar-refractivity contribution in [3.63, 3.8) is 0 Å². The fraction of sp³-hybridized carbons (Fsp3) is 0.600. The molecule has 1 unspecified atom stereocenters. The normalized spacial score (nSPS) is 14.0. The summed E-state index contributed by atoms with van der Waals surface area (Å²) in [7, 11) is 0. The lowest BCUT2D eigenvalue weighted by Gasteiger charge is -2.18. The van der Waals surface area contributed by atoms with E-state index in [0.29, 0.717) is 13.0 Å². The fourth-order valence-corrected chi connectivity index (χ4v) is 0.717. The molecule has 0 bridgehead atoms. The summed E-state index contributed by atoms with van der Waals surface area (Å²) in [6.07, 6.45) is 0.519.